The highest BCUT2D eigenvalue weighted by atomic mass is 32.1. The maximum atomic E-state index is 12.6. The molecule has 2 aromatic heterocycles. The fourth-order valence-electron chi connectivity index (χ4n) is 2.99. The summed E-state index contributed by atoms with van der Waals surface area (Å²) in [6.45, 7) is 5.00. The lowest BCUT2D eigenvalue weighted by Gasteiger charge is -2.33. The molecule has 11 heteroatoms. The van der Waals surface area contributed by atoms with Gasteiger partial charge in [-0.05, 0) is 18.7 Å². The molecule has 0 radical (unpaired) electrons. The first-order valence-corrected chi connectivity index (χ1v) is 10.6. The molecule has 30 heavy (non-hydrogen) atoms. The number of halogens is 3. The van der Waals surface area contributed by atoms with Gasteiger partial charge in [0.05, 0.1) is 5.01 Å². The summed E-state index contributed by atoms with van der Waals surface area (Å²) >= 11 is 1.01. The third-order valence-corrected chi connectivity index (χ3v) is 5.70. The van der Waals surface area contributed by atoms with Gasteiger partial charge in [0.15, 0.2) is 11.7 Å². The Labute approximate surface area is 178 Å². The molecular weight excluding hydrogens is 415 g/mol. The van der Waals surface area contributed by atoms with Gasteiger partial charge in [0.1, 0.15) is 5.82 Å². The molecule has 3 heterocycles. The van der Waals surface area contributed by atoms with Crippen molar-refractivity contribution < 1.29 is 13.2 Å². The second kappa shape index (κ2) is 10.1. The van der Waals surface area contributed by atoms with Gasteiger partial charge in [0.25, 0.3) is 0 Å². The van der Waals surface area contributed by atoms with Crippen LogP contribution in [-0.4, -0.2) is 67.6 Å². The van der Waals surface area contributed by atoms with Crippen molar-refractivity contribution in [2.45, 2.75) is 19.1 Å². The Morgan fingerprint density at radius 2 is 1.97 bits per heavy atom. The highest BCUT2D eigenvalue weighted by Crippen LogP contribution is 2.30. The van der Waals surface area contributed by atoms with E-state index in [9.17, 15) is 13.2 Å². The van der Waals surface area contributed by atoms with Crippen LogP contribution in [0.25, 0.3) is 0 Å². The van der Waals surface area contributed by atoms with Gasteiger partial charge in [-0.2, -0.15) is 13.2 Å². The van der Waals surface area contributed by atoms with Crippen molar-refractivity contribution >= 4 is 23.1 Å². The molecule has 0 saturated carbocycles. The second-order valence-corrected chi connectivity index (χ2v) is 7.98. The highest BCUT2D eigenvalue weighted by molar-refractivity contribution is 7.09. The van der Waals surface area contributed by atoms with Gasteiger partial charge >= 0.3 is 6.18 Å². The van der Waals surface area contributed by atoms with E-state index < -0.39 is 11.9 Å². The first-order chi connectivity index (χ1) is 14.3. The monoisotopic (exact) mass is 441 g/mol. The predicted molar refractivity (Wildman–Crippen MR) is 113 cm³/mol. The number of hydrogen-bond donors (Lipinski definition) is 2. The third-order valence-electron chi connectivity index (χ3n) is 4.79. The van der Waals surface area contributed by atoms with E-state index in [0.29, 0.717) is 30.5 Å². The Kier molecular flexibility index (Phi) is 7.48. The quantitative estimate of drug-likeness (QED) is 0.529. The lowest BCUT2D eigenvalue weighted by Crippen LogP contribution is -2.44. The minimum absolute atomic E-state index is 0.392. The maximum absolute atomic E-state index is 12.6. The van der Waals surface area contributed by atoms with Gasteiger partial charge in [-0.15, -0.1) is 11.3 Å². The number of nitrogens with zero attached hydrogens (tertiary/aromatic N) is 5. The number of thiazole rings is 1. The van der Waals surface area contributed by atoms with Crippen LogP contribution >= 0.6 is 11.3 Å². The number of nitrogens with one attached hydrogen (secondary N) is 2. The molecule has 1 fully saturated rings. The molecule has 1 aliphatic heterocycles. The number of hydrogen-bond acceptors (Lipinski definition) is 6. The molecule has 1 aliphatic rings. The largest absolute Gasteiger partial charge is 0.434 e. The summed E-state index contributed by atoms with van der Waals surface area (Å²) < 4.78 is 37.8. The summed E-state index contributed by atoms with van der Waals surface area (Å²) in [6, 6.07) is 4.06. The summed E-state index contributed by atoms with van der Waals surface area (Å²) in [6.07, 6.45) is -2.15. The number of pyridine rings is 1. The Morgan fingerprint density at radius 3 is 2.57 bits per heavy atom. The fourth-order valence-corrected chi connectivity index (χ4v) is 3.80. The number of piperazine rings is 1. The van der Waals surface area contributed by atoms with Gasteiger partial charge in [-0.3, -0.25) is 4.99 Å². The van der Waals surface area contributed by atoms with Crippen LogP contribution in [0.2, 0.25) is 0 Å². The number of aliphatic imine (C=N–C) groups is 1. The van der Waals surface area contributed by atoms with E-state index in [1.165, 1.54) is 0 Å². The molecule has 0 aromatic carbocycles. The number of anilines is 1. The van der Waals surface area contributed by atoms with Crippen molar-refractivity contribution in [1.29, 1.82) is 0 Å². The van der Waals surface area contributed by atoms with Crippen molar-refractivity contribution in [3.63, 3.8) is 0 Å². The zero-order chi connectivity index (χ0) is 21.6. The van der Waals surface area contributed by atoms with E-state index in [4.69, 9.17) is 0 Å². The SMILES string of the molecule is CN=C(NCCc1nc(C(F)(F)F)cs1)NCc1ccc(N2CCN(C)CC2)nc1. The van der Waals surface area contributed by atoms with Gasteiger partial charge in [0.2, 0.25) is 0 Å². The lowest BCUT2D eigenvalue weighted by molar-refractivity contribution is -0.140. The van der Waals surface area contributed by atoms with Gasteiger partial charge < -0.3 is 20.4 Å². The molecule has 0 unspecified atom stereocenters. The molecule has 7 nitrogen and oxygen atoms in total. The number of alkyl halides is 3. The normalized spacial score (nSPS) is 16.0. The summed E-state index contributed by atoms with van der Waals surface area (Å²) in [4.78, 5) is 16.9. The van der Waals surface area contributed by atoms with Crippen LogP contribution in [-0.2, 0) is 19.1 Å². The van der Waals surface area contributed by atoms with Crippen molar-refractivity contribution in [2.75, 3.05) is 51.7 Å². The van der Waals surface area contributed by atoms with Crippen molar-refractivity contribution in [3.05, 3.63) is 40.0 Å². The van der Waals surface area contributed by atoms with Crippen LogP contribution in [0.15, 0.2) is 28.7 Å². The van der Waals surface area contributed by atoms with E-state index in [2.05, 4.69) is 42.4 Å². The second-order valence-electron chi connectivity index (χ2n) is 7.04. The van der Waals surface area contributed by atoms with Crippen LogP contribution in [0.4, 0.5) is 19.0 Å². The average molecular weight is 442 g/mol. The van der Waals surface area contributed by atoms with Crippen molar-refractivity contribution in [3.8, 4) is 0 Å². The third kappa shape index (κ3) is 6.30. The fraction of sp³-hybridized carbons (Fsp3) is 0.526. The summed E-state index contributed by atoms with van der Waals surface area (Å²) in [5.74, 6) is 1.56. The molecule has 164 valence electrons. The zero-order valence-electron chi connectivity index (χ0n) is 17.0. The van der Waals surface area contributed by atoms with E-state index in [-0.39, 0.29) is 0 Å². The number of rotatable bonds is 6. The van der Waals surface area contributed by atoms with Crippen molar-refractivity contribution in [2.24, 2.45) is 4.99 Å². The number of aromatic nitrogens is 2. The molecule has 1 saturated heterocycles. The van der Waals surface area contributed by atoms with Crippen LogP contribution < -0.4 is 15.5 Å². The lowest BCUT2D eigenvalue weighted by atomic mass is 10.2. The molecule has 2 aromatic rings. The molecule has 0 spiro atoms. The van der Waals surface area contributed by atoms with Gasteiger partial charge in [0, 0.05) is 64.3 Å². The molecule has 0 atom stereocenters. The molecular formula is C19H26F3N7S. The average Bonchev–Trinajstić information content (AvgIpc) is 3.21. The first-order valence-electron chi connectivity index (χ1n) is 9.69. The molecule has 2 N–H and O–H groups in total. The van der Waals surface area contributed by atoms with Crippen molar-refractivity contribution in [1.82, 2.24) is 25.5 Å². The Bertz CT molecular complexity index is 827. The van der Waals surface area contributed by atoms with Gasteiger partial charge in [-0.1, -0.05) is 6.07 Å². The van der Waals surface area contributed by atoms with Crippen LogP contribution in [0.3, 0.4) is 0 Å². The number of likely N-dealkylation sites (N-methyl/N-ethyl adjacent to an activating group) is 1. The molecule has 3 rings (SSSR count). The predicted octanol–water partition coefficient (Wildman–Crippen LogP) is 2.22. The molecule has 0 bridgehead atoms. The molecule has 0 aliphatic carbocycles. The Morgan fingerprint density at radius 1 is 1.20 bits per heavy atom. The van der Waals surface area contributed by atoms with E-state index in [1.807, 2.05) is 18.3 Å². The van der Waals surface area contributed by atoms with E-state index in [0.717, 1.165) is 54.3 Å². The topological polar surface area (TPSA) is 68.7 Å². The summed E-state index contributed by atoms with van der Waals surface area (Å²) in [5, 5.41) is 7.76. The number of guanidine groups is 1. The minimum atomic E-state index is -4.40. The first kappa shape index (κ1) is 22.3. The zero-order valence-corrected chi connectivity index (χ0v) is 17.9. The van der Waals surface area contributed by atoms with Gasteiger partial charge in [-0.25, -0.2) is 9.97 Å². The maximum Gasteiger partial charge on any atom is 0.434 e. The van der Waals surface area contributed by atoms with Crippen LogP contribution in [0.5, 0.6) is 0 Å². The van der Waals surface area contributed by atoms with E-state index in [1.54, 1.807) is 7.05 Å². The highest BCUT2D eigenvalue weighted by Gasteiger charge is 2.33. The Balaban J connectivity index is 1.42. The van der Waals surface area contributed by atoms with Crippen LogP contribution in [0, 0.1) is 0 Å². The minimum Gasteiger partial charge on any atom is -0.356 e. The smallest absolute Gasteiger partial charge is 0.356 e. The van der Waals surface area contributed by atoms with Crippen LogP contribution in [0.1, 0.15) is 16.3 Å². The Hall–Kier alpha value is -2.40. The van der Waals surface area contributed by atoms with E-state index >= 15 is 0 Å². The molecule has 0 amide bonds. The summed E-state index contributed by atoms with van der Waals surface area (Å²) in [7, 11) is 3.77. The standard InChI is InChI=1S/C19H26F3N7S/c1-23-18(24-6-5-17-27-15(13-30-17)19(20,21)22)26-12-14-3-4-16(25-11-14)29-9-7-28(2)8-10-29/h3-4,11,13H,5-10,12H2,1-2H3,(H2,23,24,26). The summed E-state index contributed by atoms with van der Waals surface area (Å²) in [5.41, 5.74) is 0.183.